The van der Waals surface area contributed by atoms with Gasteiger partial charge in [0.1, 0.15) is 23.0 Å². The van der Waals surface area contributed by atoms with E-state index in [1.807, 2.05) is 123 Å². The van der Waals surface area contributed by atoms with Gasteiger partial charge in [-0.15, -0.1) is 0 Å². The highest BCUT2D eigenvalue weighted by molar-refractivity contribution is 5.98. The fourth-order valence-electron chi connectivity index (χ4n) is 5.25. The van der Waals surface area contributed by atoms with Crippen LogP contribution in [0, 0.1) is 22.7 Å². The van der Waals surface area contributed by atoms with E-state index >= 15 is 0 Å². The van der Waals surface area contributed by atoms with Crippen LogP contribution >= 0.6 is 0 Å². The maximum atomic E-state index is 10.4. The number of nitriles is 2. The predicted octanol–water partition coefficient (Wildman–Crippen LogP) is 7.43. The standard InChI is InChI=1S/C38H38N4O4/c1-41(2)23-29(17-27(21-39)25-9-11-31-33(19-25)37(45-7)15-13-35(31)43-5)30(24-42(3)4)18-28(22-40)26-10-12-32-34(20-26)38(46-8)16-14-36(32)44-6/h9-20,23-24H,1-8H3/b27-17+,28-18+,29-23-,30-24+. The van der Waals surface area contributed by atoms with Crippen molar-refractivity contribution in [1.82, 2.24) is 9.80 Å². The minimum absolute atomic E-state index is 0.443. The molecule has 46 heavy (non-hydrogen) atoms. The van der Waals surface area contributed by atoms with Crippen LogP contribution in [0.15, 0.2) is 96.4 Å². The average Bonchev–Trinajstić information content (AvgIpc) is 3.06. The highest BCUT2D eigenvalue weighted by atomic mass is 16.5. The number of ether oxygens (including phenoxy) is 4. The summed E-state index contributed by atoms with van der Waals surface area (Å²) < 4.78 is 22.3. The van der Waals surface area contributed by atoms with Crippen LogP contribution in [0.2, 0.25) is 0 Å². The average molecular weight is 615 g/mol. The summed E-state index contributed by atoms with van der Waals surface area (Å²) in [4.78, 5) is 3.82. The quantitative estimate of drug-likeness (QED) is 0.127. The summed E-state index contributed by atoms with van der Waals surface area (Å²) >= 11 is 0. The van der Waals surface area contributed by atoms with Crippen LogP contribution in [0.3, 0.4) is 0 Å². The number of allylic oxidation sites excluding steroid dienone is 6. The number of rotatable bonds is 11. The van der Waals surface area contributed by atoms with E-state index < -0.39 is 0 Å². The molecule has 0 saturated carbocycles. The number of nitrogens with zero attached hydrogens (tertiary/aromatic N) is 4. The van der Waals surface area contributed by atoms with Gasteiger partial charge >= 0.3 is 0 Å². The minimum Gasteiger partial charge on any atom is -0.496 e. The van der Waals surface area contributed by atoms with Crippen molar-refractivity contribution < 1.29 is 18.9 Å². The van der Waals surface area contributed by atoms with Crippen molar-refractivity contribution in [2.45, 2.75) is 0 Å². The van der Waals surface area contributed by atoms with E-state index in [9.17, 15) is 10.5 Å². The third-order valence-electron chi connectivity index (χ3n) is 7.34. The van der Waals surface area contributed by atoms with Crippen LogP contribution in [0.4, 0.5) is 0 Å². The summed E-state index contributed by atoms with van der Waals surface area (Å²) in [6.07, 6.45) is 7.53. The lowest BCUT2D eigenvalue weighted by Gasteiger charge is -2.16. The molecule has 4 aromatic rings. The fourth-order valence-corrected chi connectivity index (χ4v) is 5.25. The van der Waals surface area contributed by atoms with Gasteiger partial charge in [0.25, 0.3) is 0 Å². The van der Waals surface area contributed by atoms with Crippen molar-refractivity contribution in [1.29, 1.82) is 10.5 Å². The van der Waals surface area contributed by atoms with Gasteiger partial charge < -0.3 is 28.7 Å². The largest absolute Gasteiger partial charge is 0.496 e. The monoisotopic (exact) mass is 614 g/mol. The van der Waals surface area contributed by atoms with Crippen molar-refractivity contribution in [3.8, 4) is 35.1 Å². The number of benzene rings is 4. The Morgan fingerprint density at radius 3 is 1.13 bits per heavy atom. The SMILES string of the molecule is COc1ccc(OC)c2cc(/C(C#N)=C/C(=C/N(C)C)C(/C=C(\C#N)c3ccc4c(OC)ccc(OC)c4c3)=C/N(C)C)ccc12. The Morgan fingerprint density at radius 2 is 0.848 bits per heavy atom. The van der Waals surface area contributed by atoms with Gasteiger partial charge in [0.05, 0.1) is 51.7 Å². The lowest BCUT2D eigenvalue weighted by molar-refractivity contribution is 0.410. The number of hydrogen-bond acceptors (Lipinski definition) is 8. The first-order valence-electron chi connectivity index (χ1n) is 14.5. The van der Waals surface area contributed by atoms with Gasteiger partial charge in [-0.05, 0) is 71.8 Å². The maximum Gasteiger partial charge on any atom is 0.126 e. The van der Waals surface area contributed by atoms with E-state index in [0.717, 1.165) is 43.8 Å². The second-order valence-electron chi connectivity index (χ2n) is 10.9. The van der Waals surface area contributed by atoms with Crippen LogP contribution in [-0.4, -0.2) is 66.4 Å². The van der Waals surface area contributed by atoms with E-state index in [-0.39, 0.29) is 0 Å². The molecule has 0 amide bonds. The van der Waals surface area contributed by atoms with Gasteiger partial charge in [-0.1, -0.05) is 12.1 Å². The highest BCUT2D eigenvalue weighted by Crippen LogP contribution is 2.37. The lowest BCUT2D eigenvalue weighted by atomic mass is 9.95. The van der Waals surface area contributed by atoms with Crippen molar-refractivity contribution in [3.63, 3.8) is 0 Å². The molecule has 0 aliphatic carbocycles. The summed E-state index contributed by atoms with van der Waals surface area (Å²) in [6, 6.07) is 23.7. The molecule has 0 radical (unpaired) electrons. The summed E-state index contributed by atoms with van der Waals surface area (Å²) in [5.74, 6) is 2.79. The first-order valence-corrected chi connectivity index (χ1v) is 14.5. The first-order chi connectivity index (χ1) is 22.2. The molecule has 4 aromatic carbocycles. The van der Waals surface area contributed by atoms with Gasteiger partial charge in [0.15, 0.2) is 0 Å². The second-order valence-corrected chi connectivity index (χ2v) is 10.9. The smallest absolute Gasteiger partial charge is 0.126 e. The van der Waals surface area contributed by atoms with E-state index in [0.29, 0.717) is 34.1 Å². The molecule has 0 spiro atoms. The zero-order valence-corrected chi connectivity index (χ0v) is 27.5. The van der Waals surface area contributed by atoms with Gasteiger partial charge in [-0.2, -0.15) is 10.5 Å². The van der Waals surface area contributed by atoms with E-state index in [2.05, 4.69) is 12.1 Å². The molecule has 234 valence electrons. The van der Waals surface area contributed by atoms with Gasteiger partial charge in [0.2, 0.25) is 0 Å². The molecular weight excluding hydrogens is 576 g/mol. The van der Waals surface area contributed by atoms with Crippen molar-refractivity contribution in [2.75, 3.05) is 56.6 Å². The van der Waals surface area contributed by atoms with E-state index in [1.54, 1.807) is 28.4 Å². The Bertz CT molecular complexity index is 1830. The highest BCUT2D eigenvalue weighted by Gasteiger charge is 2.14. The van der Waals surface area contributed by atoms with E-state index in [1.165, 1.54) is 0 Å². The van der Waals surface area contributed by atoms with Crippen molar-refractivity contribution in [3.05, 3.63) is 107 Å². The second kappa shape index (κ2) is 14.7. The molecule has 0 heterocycles. The predicted molar refractivity (Wildman–Crippen MR) is 185 cm³/mol. The Hall–Kier alpha value is -5.86. The minimum atomic E-state index is 0.443. The van der Waals surface area contributed by atoms with Crippen molar-refractivity contribution >= 4 is 32.7 Å². The van der Waals surface area contributed by atoms with Crippen molar-refractivity contribution in [2.24, 2.45) is 0 Å². The lowest BCUT2D eigenvalue weighted by Crippen LogP contribution is -2.07. The van der Waals surface area contributed by atoms with Crippen LogP contribution in [0.25, 0.3) is 32.7 Å². The molecule has 0 saturated heterocycles. The molecule has 8 heteroatoms. The summed E-state index contributed by atoms with van der Waals surface area (Å²) in [6.45, 7) is 0. The Morgan fingerprint density at radius 1 is 0.522 bits per heavy atom. The van der Waals surface area contributed by atoms with Gasteiger partial charge in [-0.3, -0.25) is 0 Å². The maximum absolute atomic E-state index is 10.4. The molecule has 4 rings (SSSR count). The summed E-state index contributed by atoms with van der Waals surface area (Å²) in [5.41, 5.74) is 3.80. The normalized spacial score (nSPS) is 12.4. The number of hydrogen-bond donors (Lipinski definition) is 0. The summed E-state index contributed by atoms with van der Waals surface area (Å²) in [7, 11) is 14.1. The Kier molecular flexibility index (Phi) is 10.6. The molecule has 0 N–H and O–H groups in total. The molecule has 0 aliphatic rings. The Labute approximate surface area is 270 Å². The molecule has 0 atom stereocenters. The van der Waals surface area contributed by atoms with Gasteiger partial charge in [-0.25, -0.2) is 0 Å². The number of fused-ring (bicyclic) bond motifs is 2. The molecular formula is C38H38N4O4. The number of methoxy groups -OCH3 is 4. The third kappa shape index (κ3) is 7.09. The summed E-state index contributed by atoms with van der Waals surface area (Å²) in [5, 5.41) is 24.2. The first kappa shape index (κ1) is 33.0. The van der Waals surface area contributed by atoms with E-state index in [4.69, 9.17) is 18.9 Å². The van der Waals surface area contributed by atoms with Crippen LogP contribution in [-0.2, 0) is 0 Å². The molecule has 0 aromatic heterocycles. The zero-order chi connectivity index (χ0) is 33.4. The third-order valence-corrected chi connectivity index (χ3v) is 7.34. The fraction of sp³-hybridized carbons (Fsp3) is 0.211. The van der Waals surface area contributed by atoms with Crippen LogP contribution in [0.1, 0.15) is 11.1 Å². The van der Waals surface area contributed by atoms with Crippen LogP contribution in [0.5, 0.6) is 23.0 Å². The van der Waals surface area contributed by atoms with Gasteiger partial charge in [0, 0.05) is 73.3 Å². The molecule has 0 fully saturated rings. The zero-order valence-electron chi connectivity index (χ0n) is 27.5. The molecule has 0 aliphatic heterocycles. The molecule has 8 nitrogen and oxygen atoms in total. The topological polar surface area (TPSA) is 91.0 Å². The molecule has 0 unspecified atom stereocenters. The molecule has 0 bridgehead atoms. The van der Waals surface area contributed by atoms with Crippen LogP contribution < -0.4 is 18.9 Å². The Balaban J connectivity index is 1.90.